The summed E-state index contributed by atoms with van der Waals surface area (Å²) in [6.07, 6.45) is -12.1. The number of aliphatic hydroxyl groups is 5. The van der Waals surface area contributed by atoms with Crippen LogP contribution in [0.3, 0.4) is 0 Å². The zero-order valence-electron chi connectivity index (χ0n) is 69.9. The molecule has 10 heterocycles. The van der Waals surface area contributed by atoms with Crippen LogP contribution in [0.2, 0.25) is 0 Å². The van der Waals surface area contributed by atoms with Gasteiger partial charge in [-0.25, -0.2) is 45.9 Å². The summed E-state index contributed by atoms with van der Waals surface area (Å²) in [5.41, 5.74) is -5.34. The first-order valence-electron chi connectivity index (χ1n) is 40.0. The largest absolute Gasteiger partial charge is 0.497 e. The molecule has 0 aliphatic carbocycles. The number of hydrogen-bond acceptors (Lipinski definition) is 25. The van der Waals surface area contributed by atoms with Crippen molar-refractivity contribution >= 4 is 6.29 Å². The SMILES string of the molecule is CC[C@@]1(CO)O[C@@H](n2ccc(=O)n(Cc3ccc(OC)cc3)c2=O)[C@H](F)[C@@H]1C.CC[C@H]1O[C@@H](n2ccc(=O)n(Cc3ccc(OC)cc3)c2=O)[C@H](F)[C@@H]1O.CC[C@]1(CO)O[C@@H](n2ccc(=O)n(Cc3ccc(OC)cc3)c2=O)[C@H](F)[C@@H]1C.COc1ccc(Cn2c(=O)ccn([C@@H]3O[C@H](C=O)[C@@H](C)[C@H]3F)c2=O)cc1.O=c1ccn([C@@H]2O[C@H](CO)[C@@H](O)[C@H]2F)c(=O)[nH]1. The second-order valence-electron chi connectivity index (χ2n) is 30.3. The molecule has 5 aromatic heterocycles. The minimum atomic E-state index is -1.85. The highest BCUT2D eigenvalue weighted by Crippen LogP contribution is 2.46. The fourth-order valence-electron chi connectivity index (χ4n) is 15.0. The third-order valence-electron chi connectivity index (χ3n) is 23.1. The number of ether oxygens (including phenoxy) is 9. The van der Waals surface area contributed by atoms with Gasteiger partial charge in [0.05, 0.1) is 91.7 Å². The van der Waals surface area contributed by atoms with Crippen LogP contribution in [0.4, 0.5) is 22.0 Å². The van der Waals surface area contributed by atoms with Gasteiger partial charge in [-0.15, -0.1) is 0 Å². The summed E-state index contributed by atoms with van der Waals surface area (Å²) in [7, 11) is 6.18. The molecule has 35 nitrogen and oxygen atoms in total. The van der Waals surface area contributed by atoms with Crippen LogP contribution in [0, 0.1) is 17.8 Å². The van der Waals surface area contributed by atoms with Gasteiger partial charge in [0.1, 0.15) is 53.7 Å². The van der Waals surface area contributed by atoms with Crippen molar-refractivity contribution in [2.75, 3.05) is 48.3 Å². The van der Waals surface area contributed by atoms with Gasteiger partial charge in [-0.05, 0) is 90.0 Å². The van der Waals surface area contributed by atoms with Crippen LogP contribution in [-0.4, -0.2) is 199 Å². The second-order valence-corrected chi connectivity index (χ2v) is 30.3. The number of hydrogen-bond donors (Lipinski definition) is 6. The highest BCUT2D eigenvalue weighted by molar-refractivity contribution is 5.57. The first-order valence-corrected chi connectivity index (χ1v) is 40.0. The Hall–Kier alpha value is -11.6. The van der Waals surface area contributed by atoms with E-state index in [0.29, 0.717) is 54.1 Å². The lowest BCUT2D eigenvalue weighted by molar-refractivity contribution is -0.121. The lowest BCUT2D eigenvalue weighted by atomic mass is 9.86. The molecule has 14 rings (SSSR count). The minimum absolute atomic E-state index is 0.0266. The first-order chi connectivity index (χ1) is 59.7. The fraction of sp³-hybridized carbons (Fsp3) is 0.471. The summed E-state index contributed by atoms with van der Waals surface area (Å²) in [6.45, 7) is 9.11. The zero-order valence-corrected chi connectivity index (χ0v) is 69.9. The van der Waals surface area contributed by atoms with E-state index in [1.807, 2.05) is 4.98 Å². The van der Waals surface area contributed by atoms with Gasteiger partial charge in [0, 0.05) is 79.1 Å². The van der Waals surface area contributed by atoms with Crippen molar-refractivity contribution < 1.29 is 94.9 Å². The molecule has 0 saturated carbocycles. The third-order valence-corrected chi connectivity index (χ3v) is 23.1. The number of aldehydes is 1. The topological polar surface area (TPSA) is 432 Å². The van der Waals surface area contributed by atoms with E-state index in [1.165, 1.54) is 56.2 Å². The van der Waals surface area contributed by atoms with Crippen LogP contribution < -0.4 is 75.2 Å². The molecule has 5 aliphatic heterocycles. The summed E-state index contributed by atoms with van der Waals surface area (Å²) >= 11 is 0. The van der Waals surface area contributed by atoms with Crippen LogP contribution in [0.1, 0.15) is 114 Å². The number of nitrogens with zero attached hydrogens (tertiary/aromatic N) is 9. The Balaban J connectivity index is 0.000000165. The van der Waals surface area contributed by atoms with Gasteiger partial charge in [0.2, 0.25) is 0 Å². The summed E-state index contributed by atoms with van der Waals surface area (Å²) < 4.78 is 129. The summed E-state index contributed by atoms with van der Waals surface area (Å²) in [5.74, 6) is 0.769. The molecule has 40 heteroatoms. The maximum Gasteiger partial charge on any atom is 0.333 e. The highest BCUT2D eigenvalue weighted by Gasteiger charge is 2.55. The number of nitrogens with one attached hydrogen (secondary N) is 1. The highest BCUT2D eigenvalue weighted by atomic mass is 19.2. The molecule has 5 aliphatic rings. The van der Waals surface area contributed by atoms with Crippen molar-refractivity contribution in [3.8, 4) is 23.0 Å². The summed E-state index contributed by atoms with van der Waals surface area (Å²) in [6, 6.07) is 33.6. The number of carbonyl (C=O) groups excluding carboxylic acids is 1. The van der Waals surface area contributed by atoms with E-state index in [1.54, 1.807) is 160 Å². The van der Waals surface area contributed by atoms with Crippen molar-refractivity contribution in [3.63, 3.8) is 0 Å². The maximum atomic E-state index is 15.0. The number of carbonyl (C=O) groups is 1. The Morgan fingerprint density at radius 3 is 0.952 bits per heavy atom. The van der Waals surface area contributed by atoms with Crippen LogP contribution in [0.25, 0.3) is 0 Å². The van der Waals surface area contributed by atoms with Crippen LogP contribution in [0.5, 0.6) is 23.0 Å². The minimum Gasteiger partial charge on any atom is -0.497 e. The molecule has 9 aromatic rings. The van der Waals surface area contributed by atoms with Gasteiger partial charge < -0.3 is 73.0 Å². The van der Waals surface area contributed by atoms with Gasteiger partial charge in [-0.1, -0.05) is 90.1 Å². The first kappa shape index (κ1) is 95.6. The van der Waals surface area contributed by atoms with Gasteiger partial charge in [0.15, 0.2) is 62.0 Å². The normalized spacial score (nSPS) is 27.1. The van der Waals surface area contributed by atoms with E-state index < -0.39 is 184 Å². The number of halogens is 5. The van der Waals surface area contributed by atoms with E-state index in [-0.39, 0.29) is 39.4 Å². The molecule has 0 amide bonds. The smallest absolute Gasteiger partial charge is 0.333 e. The van der Waals surface area contributed by atoms with E-state index in [9.17, 15) is 95.1 Å². The Morgan fingerprint density at radius 1 is 0.400 bits per heavy atom. The molecule has 4 aromatic carbocycles. The molecule has 0 radical (unpaired) electrons. The molecule has 5 fully saturated rings. The summed E-state index contributed by atoms with van der Waals surface area (Å²) in [5, 5.41) is 47.6. The lowest BCUT2D eigenvalue weighted by Gasteiger charge is -2.29. The Bertz CT molecular complexity index is 5620. The number of benzene rings is 4. The van der Waals surface area contributed by atoms with E-state index in [2.05, 4.69) is 0 Å². The van der Waals surface area contributed by atoms with Crippen molar-refractivity contribution in [1.29, 1.82) is 0 Å². The number of methoxy groups -OCH3 is 4. The van der Waals surface area contributed by atoms with Crippen LogP contribution in [0.15, 0.2) is 206 Å². The predicted molar refractivity (Wildman–Crippen MR) is 439 cm³/mol. The number of aliphatic hydroxyl groups excluding tert-OH is 5. The molecular formula is C85H101F5N10O25. The van der Waals surface area contributed by atoms with Crippen LogP contribution >= 0.6 is 0 Å². The monoisotopic (exact) mass is 1760 g/mol. The number of aromatic nitrogens is 10. The molecule has 5 saturated heterocycles. The zero-order chi connectivity index (χ0) is 91.2. The fourth-order valence-corrected chi connectivity index (χ4v) is 15.0. The lowest BCUT2D eigenvalue weighted by Crippen LogP contribution is -2.42. The van der Waals surface area contributed by atoms with Gasteiger partial charge in [0.25, 0.3) is 27.8 Å². The van der Waals surface area contributed by atoms with Gasteiger partial charge in [-0.2, -0.15) is 0 Å². The van der Waals surface area contributed by atoms with Crippen LogP contribution in [-0.2, 0) is 54.7 Å². The molecule has 125 heavy (non-hydrogen) atoms. The molecule has 6 N–H and O–H groups in total. The van der Waals surface area contributed by atoms with Gasteiger partial charge in [-0.3, -0.25) is 70.1 Å². The molecule has 0 bridgehead atoms. The maximum absolute atomic E-state index is 15.0. The quantitative estimate of drug-likeness (QED) is 0.0370. The standard InChI is InChI=1S/2C20H25FN2O5.C18H19FN2O5.C18H21FN2O5.C9H11FN2O5/c2*1-4-20(12-24)13(2)17(21)18(28-20)22-10-9-16(25)23(19(22)26)11-14-5-7-15(27-3)8-6-14;1-11-14(10-22)26-17(16(11)19)20-8-7-15(23)21(18(20)24)9-12-3-5-13(25-2)6-4-12;1-3-13-16(23)15(19)17(26-13)20-9-8-14(22)21(18(20)24)10-11-4-6-12(25-2)7-5-11;10-6-7(15)4(3-13)17-8(6)12-2-1-5(14)11-9(12)16/h2*5-10,13,17-18,24H,4,11-12H2,1-3H3;3-8,10-11,14,16-17H,9H2,1-2H3;4-9,13,15-17,23H,3,10H2,1-2H3;1-2,4,6-8,13,15H,3H2,(H,11,14,16)/t13-,17+,18+,20+;13-,17+,18+,20-;11-,14-,16-,17-;13-,15-,16-,17-;4-,6-,7-,8-/m00111/s1. The molecular weight excluding hydrogens is 1660 g/mol. The number of aromatic amines is 1. The molecule has 0 unspecified atom stereocenters. The average molecular weight is 1760 g/mol. The average Bonchev–Trinajstić information content (AvgIpc) is 1.62. The van der Waals surface area contributed by atoms with E-state index in [0.717, 1.165) is 70.1 Å². The number of rotatable bonds is 24. The second kappa shape index (κ2) is 41.9. The van der Waals surface area contributed by atoms with E-state index in [4.69, 9.17) is 47.7 Å². The Labute approximate surface area is 709 Å². The number of alkyl halides is 5. The number of H-pyrrole nitrogens is 1. The predicted octanol–water partition coefficient (Wildman–Crippen LogP) is 3.76. The van der Waals surface area contributed by atoms with E-state index >= 15 is 0 Å². The third kappa shape index (κ3) is 20.7. The molecule has 20 atom stereocenters. The Morgan fingerprint density at radius 2 is 0.696 bits per heavy atom. The molecule has 676 valence electrons. The van der Waals surface area contributed by atoms with Crippen molar-refractivity contribution in [2.24, 2.45) is 17.8 Å². The van der Waals surface area contributed by atoms with Crippen molar-refractivity contribution in [1.82, 2.24) is 46.1 Å². The molecule has 0 spiro atoms. The van der Waals surface area contributed by atoms with Crippen molar-refractivity contribution in [2.45, 2.75) is 191 Å². The van der Waals surface area contributed by atoms with Gasteiger partial charge >= 0.3 is 28.4 Å². The van der Waals surface area contributed by atoms with Crippen molar-refractivity contribution in [3.05, 3.63) is 285 Å². The summed E-state index contributed by atoms with van der Waals surface area (Å²) in [4.78, 5) is 135. The Kier molecular flexibility index (Phi) is 32.1.